The lowest BCUT2D eigenvalue weighted by molar-refractivity contribution is 0.439. The fourth-order valence-electron chi connectivity index (χ4n) is 2.05. The molecular formula is C15H10BrIN2O. The molecule has 0 aliphatic rings. The molecule has 0 saturated carbocycles. The summed E-state index contributed by atoms with van der Waals surface area (Å²) in [5, 5.41) is 4.13. The quantitative estimate of drug-likeness (QED) is 0.573. The van der Waals surface area contributed by atoms with E-state index in [1.807, 2.05) is 48.5 Å². The van der Waals surface area contributed by atoms with Crippen LogP contribution in [0.4, 0.5) is 5.88 Å². The minimum atomic E-state index is 0.331. The third-order valence-electron chi connectivity index (χ3n) is 2.96. The fraction of sp³-hybridized carbons (Fsp3) is 0. The van der Waals surface area contributed by atoms with Gasteiger partial charge in [-0.05, 0) is 46.4 Å². The second-order valence-electron chi connectivity index (χ2n) is 4.26. The normalized spacial score (nSPS) is 10.7. The summed E-state index contributed by atoms with van der Waals surface area (Å²) < 4.78 is 7.29. The molecule has 0 aliphatic heterocycles. The monoisotopic (exact) mass is 440 g/mol. The van der Waals surface area contributed by atoms with Crippen LogP contribution in [0.3, 0.4) is 0 Å². The van der Waals surface area contributed by atoms with Crippen molar-refractivity contribution in [2.75, 3.05) is 5.73 Å². The van der Waals surface area contributed by atoms with Crippen LogP contribution in [-0.4, -0.2) is 5.16 Å². The van der Waals surface area contributed by atoms with Crippen LogP contribution in [0.15, 0.2) is 57.5 Å². The van der Waals surface area contributed by atoms with Gasteiger partial charge in [-0.3, -0.25) is 0 Å². The van der Waals surface area contributed by atoms with Crippen molar-refractivity contribution in [2.24, 2.45) is 0 Å². The summed E-state index contributed by atoms with van der Waals surface area (Å²) in [5.74, 6) is 0.331. The van der Waals surface area contributed by atoms with Gasteiger partial charge in [-0.25, -0.2) is 0 Å². The van der Waals surface area contributed by atoms with Gasteiger partial charge < -0.3 is 10.3 Å². The van der Waals surface area contributed by atoms with Crippen molar-refractivity contribution in [1.82, 2.24) is 5.16 Å². The van der Waals surface area contributed by atoms with Crippen molar-refractivity contribution < 1.29 is 4.52 Å². The minimum absolute atomic E-state index is 0.331. The zero-order valence-corrected chi connectivity index (χ0v) is 14.1. The van der Waals surface area contributed by atoms with Crippen molar-refractivity contribution in [1.29, 1.82) is 0 Å². The van der Waals surface area contributed by atoms with Crippen molar-refractivity contribution in [3.63, 3.8) is 0 Å². The van der Waals surface area contributed by atoms with E-state index >= 15 is 0 Å². The first-order valence-electron chi connectivity index (χ1n) is 5.93. The van der Waals surface area contributed by atoms with Crippen molar-refractivity contribution in [3.8, 4) is 22.4 Å². The van der Waals surface area contributed by atoms with Gasteiger partial charge in [0, 0.05) is 13.6 Å². The fourth-order valence-corrected chi connectivity index (χ4v) is 2.98. The van der Waals surface area contributed by atoms with Gasteiger partial charge in [0.05, 0.1) is 5.56 Å². The molecule has 0 radical (unpaired) electrons. The Labute approximate surface area is 138 Å². The molecule has 1 heterocycles. The van der Waals surface area contributed by atoms with E-state index < -0.39 is 0 Å². The number of nitrogens with zero attached hydrogens (tertiary/aromatic N) is 1. The van der Waals surface area contributed by atoms with Crippen LogP contribution >= 0.6 is 38.5 Å². The Balaban J connectivity index is 2.24. The molecule has 1 aromatic heterocycles. The largest absolute Gasteiger partial charge is 0.367 e. The average molecular weight is 441 g/mol. The highest BCUT2D eigenvalue weighted by Crippen LogP contribution is 2.39. The molecule has 2 N–H and O–H groups in total. The number of nitrogens with two attached hydrogens (primary N) is 1. The Morgan fingerprint density at radius 3 is 2.60 bits per heavy atom. The molecule has 5 heteroatoms. The Bertz CT molecular complexity index is 756. The molecule has 0 bridgehead atoms. The van der Waals surface area contributed by atoms with E-state index in [9.17, 15) is 0 Å². The Morgan fingerprint density at radius 2 is 1.85 bits per heavy atom. The lowest BCUT2D eigenvalue weighted by Crippen LogP contribution is -1.89. The SMILES string of the molecule is Nc1onc(-c2cc(I)ccc2Br)c1-c1ccccc1. The van der Waals surface area contributed by atoms with E-state index in [2.05, 4.69) is 43.7 Å². The number of anilines is 1. The highest BCUT2D eigenvalue weighted by atomic mass is 127. The molecule has 0 aliphatic carbocycles. The molecule has 0 saturated heterocycles. The van der Waals surface area contributed by atoms with Crippen molar-refractivity contribution in [3.05, 3.63) is 56.6 Å². The van der Waals surface area contributed by atoms with Crippen LogP contribution < -0.4 is 5.73 Å². The van der Waals surface area contributed by atoms with Crippen molar-refractivity contribution >= 4 is 44.4 Å². The van der Waals surface area contributed by atoms with E-state index in [0.29, 0.717) is 5.88 Å². The van der Waals surface area contributed by atoms with Crippen LogP contribution in [0.25, 0.3) is 22.4 Å². The van der Waals surface area contributed by atoms with Gasteiger partial charge >= 0.3 is 0 Å². The van der Waals surface area contributed by atoms with Crippen LogP contribution in [0.5, 0.6) is 0 Å². The third kappa shape index (κ3) is 2.47. The summed E-state index contributed by atoms with van der Waals surface area (Å²) in [4.78, 5) is 0. The summed E-state index contributed by atoms with van der Waals surface area (Å²) in [6, 6.07) is 16.0. The Morgan fingerprint density at radius 1 is 1.10 bits per heavy atom. The van der Waals surface area contributed by atoms with E-state index in [-0.39, 0.29) is 0 Å². The summed E-state index contributed by atoms with van der Waals surface area (Å²) in [6.07, 6.45) is 0. The summed E-state index contributed by atoms with van der Waals surface area (Å²) in [5.41, 5.74) is 9.49. The molecule has 0 unspecified atom stereocenters. The summed E-state index contributed by atoms with van der Waals surface area (Å²) in [7, 11) is 0. The van der Waals surface area contributed by atoms with Gasteiger partial charge in [0.25, 0.3) is 0 Å². The predicted octanol–water partition coefficient (Wildman–Crippen LogP) is 4.96. The second-order valence-corrected chi connectivity index (χ2v) is 6.36. The summed E-state index contributed by atoms with van der Waals surface area (Å²) >= 11 is 5.83. The van der Waals surface area contributed by atoms with E-state index in [4.69, 9.17) is 10.3 Å². The molecule has 0 spiro atoms. The smallest absolute Gasteiger partial charge is 0.230 e. The maximum Gasteiger partial charge on any atom is 0.230 e. The molecule has 0 fully saturated rings. The van der Waals surface area contributed by atoms with Gasteiger partial charge in [0.2, 0.25) is 5.88 Å². The average Bonchev–Trinajstić information content (AvgIpc) is 2.84. The Hall–Kier alpha value is -1.34. The first-order valence-corrected chi connectivity index (χ1v) is 7.80. The molecule has 20 heavy (non-hydrogen) atoms. The molecule has 0 atom stereocenters. The number of halogens is 2. The predicted molar refractivity (Wildman–Crippen MR) is 92.2 cm³/mol. The second kappa shape index (κ2) is 5.57. The van der Waals surface area contributed by atoms with Crippen LogP contribution in [0, 0.1) is 3.57 Å². The molecule has 3 aromatic rings. The number of nitrogen functional groups attached to an aromatic ring is 1. The first kappa shape index (κ1) is 13.6. The molecule has 3 rings (SSSR count). The molecule has 100 valence electrons. The zero-order chi connectivity index (χ0) is 14.1. The summed E-state index contributed by atoms with van der Waals surface area (Å²) in [6.45, 7) is 0. The third-order valence-corrected chi connectivity index (χ3v) is 4.33. The Kier molecular flexibility index (Phi) is 3.80. The number of hydrogen-bond acceptors (Lipinski definition) is 3. The highest BCUT2D eigenvalue weighted by molar-refractivity contribution is 14.1. The lowest BCUT2D eigenvalue weighted by Gasteiger charge is -2.05. The van der Waals surface area contributed by atoms with Gasteiger partial charge in [-0.15, -0.1) is 0 Å². The van der Waals surface area contributed by atoms with Gasteiger partial charge in [-0.1, -0.05) is 51.4 Å². The van der Waals surface area contributed by atoms with E-state index in [1.54, 1.807) is 0 Å². The van der Waals surface area contributed by atoms with Gasteiger partial charge in [0.1, 0.15) is 5.69 Å². The topological polar surface area (TPSA) is 52.0 Å². The maximum absolute atomic E-state index is 5.95. The molecule has 2 aromatic carbocycles. The van der Waals surface area contributed by atoms with Gasteiger partial charge in [-0.2, -0.15) is 0 Å². The number of rotatable bonds is 2. The molecule has 3 nitrogen and oxygen atoms in total. The zero-order valence-electron chi connectivity index (χ0n) is 10.3. The van der Waals surface area contributed by atoms with Gasteiger partial charge in [0.15, 0.2) is 0 Å². The van der Waals surface area contributed by atoms with Crippen molar-refractivity contribution in [2.45, 2.75) is 0 Å². The number of hydrogen-bond donors (Lipinski definition) is 1. The van der Waals surface area contributed by atoms with Crippen LogP contribution in [0.1, 0.15) is 0 Å². The molecule has 0 amide bonds. The first-order chi connectivity index (χ1) is 9.66. The van der Waals surface area contributed by atoms with E-state index in [1.165, 1.54) is 0 Å². The van der Waals surface area contributed by atoms with E-state index in [0.717, 1.165) is 30.4 Å². The van der Waals surface area contributed by atoms with Crippen LogP contribution in [-0.2, 0) is 0 Å². The minimum Gasteiger partial charge on any atom is -0.367 e. The number of aromatic nitrogens is 1. The highest BCUT2D eigenvalue weighted by Gasteiger charge is 2.19. The standard InChI is InChI=1S/C15H10BrIN2O/c16-12-7-6-10(17)8-11(12)14-13(15(18)20-19-14)9-4-2-1-3-5-9/h1-8H,18H2. The molecular weight excluding hydrogens is 431 g/mol. The number of benzene rings is 2. The maximum atomic E-state index is 5.95. The lowest BCUT2D eigenvalue weighted by atomic mass is 10.0. The van der Waals surface area contributed by atoms with Crippen LogP contribution in [0.2, 0.25) is 0 Å².